The molecular formula is C16H11FO2. The van der Waals surface area contributed by atoms with E-state index >= 15 is 0 Å². The number of para-hydroxylation sites is 1. The third-order valence-electron chi connectivity index (χ3n) is 3.17. The van der Waals surface area contributed by atoms with Crippen LogP contribution in [-0.2, 0) is 0 Å². The molecule has 3 heteroatoms. The molecule has 0 saturated carbocycles. The average molecular weight is 254 g/mol. The number of carbonyl (C=O) groups excluding carboxylic acids is 1. The van der Waals surface area contributed by atoms with Gasteiger partial charge in [0.05, 0.1) is 5.56 Å². The molecule has 0 spiro atoms. The van der Waals surface area contributed by atoms with Crippen LogP contribution in [0, 0.1) is 12.7 Å². The lowest BCUT2D eigenvalue weighted by Gasteiger charge is -2.03. The summed E-state index contributed by atoms with van der Waals surface area (Å²) in [6.45, 7) is 1.79. The van der Waals surface area contributed by atoms with E-state index in [1.165, 1.54) is 18.4 Å². The van der Waals surface area contributed by atoms with Gasteiger partial charge in [-0.05, 0) is 30.7 Å². The van der Waals surface area contributed by atoms with Crippen LogP contribution in [0.15, 0.2) is 53.1 Å². The van der Waals surface area contributed by atoms with Crippen LogP contribution in [0.1, 0.15) is 21.5 Å². The molecule has 3 aromatic rings. The Morgan fingerprint density at radius 2 is 1.89 bits per heavy atom. The number of hydrogen-bond donors (Lipinski definition) is 0. The number of carbonyl (C=O) groups is 1. The Morgan fingerprint density at radius 1 is 1.11 bits per heavy atom. The van der Waals surface area contributed by atoms with Gasteiger partial charge in [0, 0.05) is 10.9 Å². The van der Waals surface area contributed by atoms with Gasteiger partial charge in [-0.15, -0.1) is 0 Å². The molecule has 0 atom stereocenters. The molecular weight excluding hydrogens is 243 g/mol. The Bertz CT molecular complexity index is 771. The van der Waals surface area contributed by atoms with Gasteiger partial charge >= 0.3 is 0 Å². The third-order valence-corrected chi connectivity index (χ3v) is 3.17. The number of aryl methyl sites for hydroxylation is 1. The summed E-state index contributed by atoms with van der Waals surface area (Å²) in [5.74, 6) is -0.635. The van der Waals surface area contributed by atoms with Crippen LogP contribution in [-0.4, -0.2) is 5.78 Å². The zero-order valence-corrected chi connectivity index (χ0v) is 10.3. The minimum absolute atomic E-state index is 0.220. The molecule has 0 aliphatic rings. The van der Waals surface area contributed by atoms with Crippen LogP contribution in [0.5, 0.6) is 0 Å². The highest BCUT2D eigenvalue weighted by Gasteiger charge is 2.17. The van der Waals surface area contributed by atoms with Crippen molar-refractivity contribution in [1.29, 1.82) is 0 Å². The number of furan rings is 1. The fourth-order valence-electron chi connectivity index (χ4n) is 2.14. The number of ketones is 1. The Morgan fingerprint density at radius 3 is 2.74 bits per heavy atom. The summed E-state index contributed by atoms with van der Waals surface area (Å²) in [5.41, 5.74) is 2.23. The van der Waals surface area contributed by atoms with Gasteiger partial charge in [0.25, 0.3) is 0 Å². The van der Waals surface area contributed by atoms with Gasteiger partial charge in [0.2, 0.25) is 0 Å². The van der Waals surface area contributed by atoms with Gasteiger partial charge < -0.3 is 4.42 Å². The summed E-state index contributed by atoms with van der Waals surface area (Å²) in [5, 5.41) is 0.746. The smallest absolute Gasteiger partial charge is 0.197 e. The Labute approximate surface area is 109 Å². The average Bonchev–Trinajstić information content (AvgIpc) is 2.84. The second-order valence-electron chi connectivity index (χ2n) is 4.43. The molecule has 0 aliphatic heterocycles. The molecule has 0 bridgehead atoms. The highest BCUT2D eigenvalue weighted by molar-refractivity contribution is 6.16. The van der Waals surface area contributed by atoms with E-state index in [-0.39, 0.29) is 5.78 Å². The zero-order valence-electron chi connectivity index (χ0n) is 10.3. The topological polar surface area (TPSA) is 30.2 Å². The van der Waals surface area contributed by atoms with E-state index in [1.807, 2.05) is 18.2 Å². The molecule has 0 unspecified atom stereocenters. The molecule has 2 nitrogen and oxygen atoms in total. The lowest BCUT2D eigenvalue weighted by Crippen LogP contribution is -2.03. The van der Waals surface area contributed by atoms with Crippen LogP contribution < -0.4 is 0 Å². The van der Waals surface area contributed by atoms with Crippen molar-refractivity contribution in [3.63, 3.8) is 0 Å². The zero-order chi connectivity index (χ0) is 13.4. The van der Waals surface area contributed by atoms with Gasteiger partial charge in [-0.2, -0.15) is 0 Å². The summed E-state index contributed by atoms with van der Waals surface area (Å²) >= 11 is 0. The molecule has 3 rings (SSSR count). The summed E-state index contributed by atoms with van der Waals surface area (Å²) in [4.78, 5) is 12.5. The normalized spacial score (nSPS) is 10.8. The summed E-state index contributed by atoms with van der Waals surface area (Å²) in [6, 6.07) is 11.5. The van der Waals surface area contributed by atoms with E-state index in [9.17, 15) is 9.18 Å². The first-order chi connectivity index (χ1) is 9.16. The van der Waals surface area contributed by atoms with Crippen molar-refractivity contribution in [2.45, 2.75) is 6.92 Å². The predicted octanol–water partition coefficient (Wildman–Crippen LogP) is 4.11. The van der Waals surface area contributed by atoms with E-state index in [0.29, 0.717) is 16.7 Å². The van der Waals surface area contributed by atoms with Crippen molar-refractivity contribution in [2.75, 3.05) is 0 Å². The third kappa shape index (κ3) is 1.93. The lowest BCUT2D eigenvalue weighted by molar-refractivity contribution is 0.103. The quantitative estimate of drug-likeness (QED) is 0.644. The molecule has 94 valence electrons. The van der Waals surface area contributed by atoms with Crippen molar-refractivity contribution < 1.29 is 13.6 Å². The molecule has 0 saturated heterocycles. The molecule has 0 fully saturated rings. The Balaban J connectivity index is 2.16. The minimum atomic E-state index is -0.415. The van der Waals surface area contributed by atoms with Crippen molar-refractivity contribution in [3.8, 4) is 0 Å². The number of rotatable bonds is 2. The summed E-state index contributed by atoms with van der Waals surface area (Å²) < 4.78 is 18.6. The fraction of sp³-hybridized carbons (Fsp3) is 0.0625. The minimum Gasteiger partial charge on any atom is -0.464 e. The number of fused-ring (bicyclic) bond motifs is 1. The van der Waals surface area contributed by atoms with Gasteiger partial charge in [-0.3, -0.25) is 4.79 Å². The van der Waals surface area contributed by atoms with Crippen LogP contribution in [0.4, 0.5) is 4.39 Å². The van der Waals surface area contributed by atoms with Crippen molar-refractivity contribution in [2.24, 2.45) is 0 Å². The number of benzene rings is 2. The predicted molar refractivity (Wildman–Crippen MR) is 70.8 cm³/mol. The number of halogens is 1. The molecule has 2 aromatic carbocycles. The van der Waals surface area contributed by atoms with Crippen LogP contribution >= 0.6 is 0 Å². The van der Waals surface area contributed by atoms with Gasteiger partial charge in [0.1, 0.15) is 17.7 Å². The van der Waals surface area contributed by atoms with Gasteiger partial charge in [0.15, 0.2) is 5.78 Å². The Kier molecular flexibility index (Phi) is 2.67. The summed E-state index contributed by atoms with van der Waals surface area (Å²) in [6.07, 6.45) is 1.43. The maximum Gasteiger partial charge on any atom is 0.197 e. The summed E-state index contributed by atoms with van der Waals surface area (Å²) in [7, 11) is 0. The second-order valence-corrected chi connectivity index (χ2v) is 4.43. The van der Waals surface area contributed by atoms with E-state index in [0.717, 1.165) is 10.9 Å². The van der Waals surface area contributed by atoms with Crippen molar-refractivity contribution in [3.05, 3.63) is 71.2 Å². The molecule has 19 heavy (non-hydrogen) atoms. The molecule has 0 radical (unpaired) electrons. The molecule has 0 aliphatic carbocycles. The van der Waals surface area contributed by atoms with Crippen molar-refractivity contribution in [1.82, 2.24) is 0 Å². The maximum absolute atomic E-state index is 13.3. The lowest BCUT2D eigenvalue weighted by atomic mass is 9.99. The highest BCUT2D eigenvalue weighted by Crippen LogP contribution is 2.24. The number of hydrogen-bond acceptors (Lipinski definition) is 2. The maximum atomic E-state index is 13.3. The first-order valence-corrected chi connectivity index (χ1v) is 5.94. The van der Waals surface area contributed by atoms with Crippen molar-refractivity contribution >= 4 is 16.8 Å². The van der Waals surface area contributed by atoms with Crippen LogP contribution in [0.2, 0.25) is 0 Å². The van der Waals surface area contributed by atoms with Gasteiger partial charge in [-0.1, -0.05) is 24.3 Å². The fourth-order valence-corrected chi connectivity index (χ4v) is 2.14. The SMILES string of the molecule is Cc1ccc(F)cc1C(=O)c1coc2ccccc12. The molecule has 0 amide bonds. The van der Waals surface area contributed by atoms with E-state index < -0.39 is 5.82 Å². The molecule has 1 aromatic heterocycles. The largest absolute Gasteiger partial charge is 0.464 e. The van der Waals surface area contributed by atoms with Gasteiger partial charge in [-0.25, -0.2) is 4.39 Å². The molecule has 0 N–H and O–H groups in total. The van der Waals surface area contributed by atoms with Crippen LogP contribution in [0.25, 0.3) is 11.0 Å². The monoisotopic (exact) mass is 254 g/mol. The molecule has 1 heterocycles. The second kappa shape index (κ2) is 4.35. The Hall–Kier alpha value is -2.42. The highest BCUT2D eigenvalue weighted by atomic mass is 19.1. The first-order valence-electron chi connectivity index (χ1n) is 5.94. The standard InChI is InChI=1S/C16H11FO2/c1-10-6-7-11(17)8-13(10)16(18)14-9-19-15-5-3-2-4-12(14)15/h2-9H,1H3. The van der Waals surface area contributed by atoms with E-state index in [2.05, 4.69) is 0 Å². The van der Waals surface area contributed by atoms with E-state index in [4.69, 9.17) is 4.42 Å². The first kappa shape index (κ1) is 11.7. The van der Waals surface area contributed by atoms with Crippen LogP contribution in [0.3, 0.4) is 0 Å². The van der Waals surface area contributed by atoms with E-state index in [1.54, 1.807) is 19.1 Å².